The van der Waals surface area contributed by atoms with Crippen LogP contribution < -0.4 is 0 Å². The molecular weight excluding hydrogens is 224 g/mol. The maximum atomic E-state index is 5.90. The highest BCUT2D eigenvalue weighted by molar-refractivity contribution is 5.31. The summed E-state index contributed by atoms with van der Waals surface area (Å²) < 4.78 is 5.90. The molecule has 0 saturated heterocycles. The first-order valence-electron chi connectivity index (χ1n) is 6.83. The Labute approximate surface area is 110 Å². The van der Waals surface area contributed by atoms with Crippen molar-refractivity contribution < 1.29 is 4.74 Å². The minimum absolute atomic E-state index is 0.107. The molecule has 1 aromatic heterocycles. The van der Waals surface area contributed by atoms with E-state index in [2.05, 4.69) is 41.5 Å². The third-order valence-corrected chi connectivity index (χ3v) is 3.41. The summed E-state index contributed by atoms with van der Waals surface area (Å²) in [6.07, 6.45) is 0.879. The second-order valence-corrected chi connectivity index (χ2v) is 6.43. The molecule has 1 aliphatic heterocycles. The van der Waals surface area contributed by atoms with Crippen molar-refractivity contribution in [2.75, 3.05) is 0 Å². The van der Waals surface area contributed by atoms with Crippen LogP contribution in [0, 0.1) is 0 Å². The SMILES string of the molecule is CC(C)c1nc2c(c(C(C)C)n1)COC(C)(C)C2. The summed E-state index contributed by atoms with van der Waals surface area (Å²) in [5.74, 6) is 1.76. The molecule has 0 amide bonds. The fourth-order valence-corrected chi connectivity index (χ4v) is 2.33. The van der Waals surface area contributed by atoms with Crippen molar-refractivity contribution in [3.63, 3.8) is 0 Å². The number of rotatable bonds is 2. The van der Waals surface area contributed by atoms with Crippen LogP contribution in [-0.4, -0.2) is 15.6 Å². The molecule has 2 rings (SSSR count). The van der Waals surface area contributed by atoms with Crippen LogP contribution in [0.15, 0.2) is 0 Å². The summed E-state index contributed by atoms with van der Waals surface area (Å²) in [6, 6.07) is 0. The molecule has 0 bridgehead atoms. The third kappa shape index (κ3) is 2.56. The zero-order chi connectivity index (χ0) is 13.5. The first kappa shape index (κ1) is 13.5. The number of nitrogens with zero attached hydrogens (tertiary/aromatic N) is 2. The Morgan fingerprint density at radius 1 is 1.06 bits per heavy atom. The molecule has 0 spiro atoms. The molecule has 0 N–H and O–H groups in total. The highest BCUT2D eigenvalue weighted by atomic mass is 16.5. The van der Waals surface area contributed by atoms with Gasteiger partial charge in [-0.05, 0) is 19.8 Å². The number of fused-ring (bicyclic) bond motifs is 1. The number of ether oxygens (including phenoxy) is 1. The molecule has 1 aromatic rings. The van der Waals surface area contributed by atoms with E-state index in [1.165, 1.54) is 17.0 Å². The smallest absolute Gasteiger partial charge is 0.131 e. The predicted octanol–water partition coefficient (Wildman–Crippen LogP) is 3.57. The van der Waals surface area contributed by atoms with Gasteiger partial charge in [-0.2, -0.15) is 0 Å². The molecule has 0 fully saturated rings. The lowest BCUT2D eigenvalue weighted by molar-refractivity contribution is -0.0421. The van der Waals surface area contributed by atoms with Crippen molar-refractivity contribution in [3.05, 3.63) is 22.8 Å². The summed E-state index contributed by atoms with van der Waals surface area (Å²) in [7, 11) is 0. The second-order valence-electron chi connectivity index (χ2n) is 6.43. The summed E-state index contributed by atoms with van der Waals surface area (Å²) in [6.45, 7) is 13.6. The van der Waals surface area contributed by atoms with Crippen molar-refractivity contribution in [3.8, 4) is 0 Å². The molecule has 3 nitrogen and oxygen atoms in total. The van der Waals surface area contributed by atoms with Crippen molar-refractivity contribution >= 4 is 0 Å². The van der Waals surface area contributed by atoms with Gasteiger partial charge in [-0.3, -0.25) is 0 Å². The molecule has 0 unspecified atom stereocenters. The number of hydrogen-bond donors (Lipinski definition) is 0. The minimum atomic E-state index is -0.107. The average molecular weight is 248 g/mol. The van der Waals surface area contributed by atoms with Gasteiger partial charge in [0.1, 0.15) is 5.82 Å². The van der Waals surface area contributed by atoms with E-state index in [4.69, 9.17) is 14.7 Å². The lowest BCUT2D eigenvalue weighted by atomic mass is 9.92. The lowest BCUT2D eigenvalue weighted by Crippen LogP contribution is -2.34. The van der Waals surface area contributed by atoms with Gasteiger partial charge in [0.05, 0.1) is 23.6 Å². The molecule has 2 heterocycles. The fourth-order valence-electron chi connectivity index (χ4n) is 2.33. The van der Waals surface area contributed by atoms with E-state index in [9.17, 15) is 0 Å². The first-order chi connectivity index (χ1) is 8.30. The molecule has 1 aliphatic rings. The molecule has 0 saturated carbocycles. The third-order valence-electron chi connectivity index (χ3n) is 3.41. The summed E-state index contributed by atoms with van der Waals surface area (Å²) in [4.78, 5) is 9.50. The van der Waals surface area contributed by atoms with Crippen LogP contribution in [0.25, 0.3) is 0 Å². The molecular formula is C15H24N2O. The standard InChI is InChI=1S/C15H24N2O/c1-9(2)13-11-8-18-15(5,6)7-12(11)16-14(17-13)10(3)4/h9-10H,7-8H2,1-6H3. The highest BCUT2D eigenvalue weighted by Crippen LogP contribution is 2.31. The number of hydrogen-bond acceptors (Lipinski definition) is 3. The van der Waals surface area contributed by atoms with Crippen molar-refractivity contribution in [1.29, 1.82) is 0 Å². The molecule has 3 heteroatoms. The fraction of sp³-hybridized carbons (Fsp3) is 0.733. The van der Waals surface area contributed by atoms with Crippen LogP contribution in [0.1, 0.15) is 76.2 Å². The van der Waals surface area contributed by atoms with Gasteiger partial charge >= 0.3 is 0 Å². The monoisotopic (exact) mass is 248 g/mol. The van der Waals surface area contributed by atoms with Gasteiger partial charge in [-0.1, -0.05) is 27.7 Å². The number of aromatic nitrogens is 2. The van der Waals surface area contributed by atoms with Crippen LogP contribution in [-0.2, 0) is 17.8 Å². The molecule has 18 heavy (non-hydrogen) atoms. The quantitative estimate of drug-likeness (QED) is 0.802. The second kappa shape index (κ2) is 4.61. The Morgan fingerprint density at radius 2 is 1.72 bits per heavy atom. The van der Waals surface area contributed by atoms with Crippen LogP contribution in [0.5, 0.6) is 0 Å². The normalized spacial score (nSPS) is 18.2. The first-order valence-corrected chi connectivity index (χ1v) is 6.83. The zero-order valence-electron chi connectivity index (χ0n) is 12.4. The van der Waals surface area contributed by atoms with Gasteiger partial charge in [0.25, 0.3) is 0 Å². The van der Waals surface area contributed by atoms with Gasteiger partial charge in [-0.15, -0.1) is 0 Å². The van der Waals surface area contributed by atoms with E-state index in [0.29, 0.717) is 18.4 Å². The van der Waals surface area contributed by atoms with Crippen molar-refractivity contribution in [2.45, 2.75) is 72.0 Å². The van der Waals surface area contributed by atoms with Gasteiger partial charge in [0, 0.05) is 17.9 Å². The topological polar surface area (TPSA) is 35.0 Å². The Balaban J connectivity index is 2.53. The van der Waals surface area contributed by atoms with Crippen LogP contribution in [0.3, 0.4) is 0 Å². The maximum Gasteiger partial charge on any atom is 0.131 e. The van der Waals surface area contributed by atoms with E-state index in [-0.39, 0.29) is 5.60 Å². The van der Waals surface area contributed by atoms with Crippen molar-refractivity contribution in [1.82, 2.24) is 9.97 Å². The summed E-state index contributed by atoms with van der Waals surface area (Å²) >= 11 is 0. The average Bonchev–Trinajstić information content (AvgIpc) is 2.25. The minimum Gasteiger partial charge on any atom is -0.370 e. The Kier molecular flexibility index (Phi) is 3.45. The van der Waals surface area contributed by atoms with Gasteiger partial charge in [0.15, 0.2) is 0 Å². The van der Waals surface area contributed by atoms with Gasteiger partial charge in [0.2, 0.25) is 0 Å². The van der Waals surface area contributed by atoms with Crippen LogP contribution >= 0.6 is 0 Å². The Morgan fingerprint density at radius 3 is 2.28 bits per heavy atom. The molecule has 0 aliphatic carbocycles. The molecule has 0 atom stereocenters. The van der Waals surface area contributed by atoms with Crippen molar-refractivity contribution in [2.24, 2.45) is 0 Å². The zero-order valence-corrected chi connectivity index (χ0v) is 12.4. The summed E-state index contributed by atoms with van der Waals surface area (Å²) in [5, 5.41) is 0. The van der Waals surface area contributed by atoms with E-state index in [0.717, 1.165) is 12.2 Å². The Bertz CT molecular complexity index is 450. The molecule has 0 radical (unpaired) electrons. The molecule has 100 valence electrons. The van der Waals surface area contributed by atoms with E-state index in [1.807, 2.05) is 0 Å². The van der Waals surface area contributed by atoms with E-state index >= 15 is 0 Å². The Hall–Kier alpha value is -0.960. The van der Waals surface area contributed by atoms with Crippen LogP contribution in [0.4, 0.5) is 0 Å². The van der Waals surface area contributed by atoms with E-state index < -0.39 is 0 Å². The van der Waals surface area contributed by atoms with E-state index in [1.54, 1.807) is 0 Å². The summed E-state index contributed by atoms with van der Waals surface area (Å²) in [5.41, 5.74) is 3.46. The largest absolute Gasteiger partial charge is 0.370 e. The van der Waals surface area contributed by atoms with Gasteiger partial charge < -0.3 is 4.74 Å². The van der Waals surface area contributed by atoms with Crippen LogP contribution in [0.2, 0.25) is 0 Å². The molecule has 0 aromatic carbocycles. The predicted molar refractivity (Wildman–Crippen MR) is 72.8 cm³/mol. The van der Waals surface area contributed by atoms with Gasteiger partial charge in [-0.25, -0.2) is 9.97 Å². The maximum absolute atomic E-state index is 5.90. The highest BCUT2D eigenvalue weighted by Gasteiger charge is 2.30. The lowest BCUT2D eigenvalue weighted by Gasteiger charge is -2.33.